The Bertz CT molecular complexity index is 2140. The molecule has 0 spiro atoms. The molecule has 0 aliphatic carbocycles. The fourth-order valence-corrected chi connectivity index (χ4v) is 5.41. The summed E-state index contributed by atoms with van der Waals surface area (Å²) < 4.78 is 6.56. The van der Waals surface area contributed by atoms with Crippen molar-refractivity contribution < 1.29 is 47.2 Å². The van der Waals surface area contributed by atoms with E-state index in [1.54, 1.807) is 14.1 Å². The molecule has 17 heteroatoms. The minimum atomic E-state index is -1.50. The van der Waals surface area contributed by atoms with Gasteiger partial charge in [0.15, 0.2) is 0 Å². The maximum Gasteiger partial charge on any atom is 2.00 e. The van der Waals surface area contributed by atoms with Gasteiger partial charge in [0.25, 0.3) is 5.09 Å². The molecule has 0 unspecified atom stereocenters. The summed E-state index contributed by atoms with van der Waals surface area (Å²) in [7, 11) is 9.65. The molecule has 3 heterocycles. The normalized spacial score (nSPS) is 10.3. The van der Waals surface area contributed by atoms with Gasteiger partial charge in [-0.3, -0.25) is 9.69 Å². The van der Waals surface area contributed by atoms with E-state index in [4.69, 9.17) is 30.3 Å². The molecule has 0 aliphatic heterocycles. The number of aryl methyl sites for hydroxylation is 3. The van der Waals surface area contributed by atoms with Gasteiger partial charge in [-0.2, -0.15) is 0 Å². The maximum absolute atomic E-state index is 10.6. The van der Waals surface area contributed by atoms with Gasteiger partial charge >= 0.3 is 17.1 Å². The molecule has 16 nitrogen and oxygen atoms in total. The van der Waals surface area contributed by atoms with Gasteiger partial charge in [0.1, 0.15) is 17.5 Å². The van der Waals surface area contributed by atoms with Gasteiger partial charge in [0.2, 0.25) is 6.41 Å². The van der Waals surface area contributed by atoms with Crippen LogP contribution in [0.1, 0.15) is 27.8 Å². The summed E-state index contributed by atoms with van der Waals surface area (Å²) in [6.45, 7) is 2.08. The maximum atomic E-state index is 10.6. The molecule has 1 N–H and O–H groups in total. The number of imidazole rings is 3. The zero-order valence-corrected chi connectivity index (χ0v) is 31.4. The monoisotopic (exact) mass is 776 g/mol. The van der Waals surface area contributed by atoms with Crippen molar-refractivity contribution in [2.24, 2.45) is 21.1 Å². The van der Waals surface area contributed by atoms with Crippen LogP contribution in [0.15, 0.2) is 97.1 Å². The van der Waals surface area contributed by atoms with E-state index in [2.05, 4.69) is 94.3 Å². The summed E-state index contributed by atoms with van der Waals surface area (Å²) in [4.78, 5) is 46.5. The van der Waals surface area contributed by atoms with Gasteiger partial charge in [0, 0.05) is 35.2 Å². The van der Waals surface area contributed by atoms with Crippen molar-refractivity contribution >= 4 is 45.5 Å². The summed E-state index contributed by atoms with van der Waals surface area (Å²) in [5.74, 6) is 1.14. The Morgan fingerprint density at radius 2 is 1.00 bits per heavy atom. The summed E-state index contributed by atoms with van der Waals surface area (Å²) in [6, 6.07) is 30.2. The van der Waals surface area contributed by atoms with Crippen LogP contribution in [0.5, 0.6) is 5.75 Å². The minimum absolute atomic E-state index is 0. The van der Waals surface area contributed by atoms with E-state index < -0.39 is 16.8 Å². The predicted molar refractivity (Wildman–Crippen MR) is 194 cm³/mol. The molecule has 4 aromatic carbocycles. The largest absolute Gasteiger partial charge is 2.00 e. The van der Waals surface area contributed by atoms with E-state index in [0.29, 0.717) is 19.6 Å². The van der Waals surface area contributed by atoms with Crippen LogP contribution in [0.3, 0.4) is 0 Å². The Labute approximate surface area is 321 Å². The second-order valence-corrected chi connectivity index (χ2v) is 12.0. The molecule has 0 saturated carbocycles. The van der Waals surface area contributed by atoms with E-state index in [0.717, 1.165) is 57.0 Å². The molecule has 7 aromatic rings. The Morgan fingerprint density at radius 3 is 1.26 bits per heavy atom. The number of rotatable bonds is 8. The molecule has 1 amide bonds. The average molecular weight is 777 g/mol. The van der Waals surface area contributed by atoms with Crippen LogP contribution in [-0.2, 0) is 62.6 Å². The van der Waals surface area contributed by atoms with Gasteiger partial charge in [-0.05, 0) is 42.0 Å². The second-order valence-electron chi connectivity index (χ2n) is 12.0. The van der Waals surface area contributed by atoms with Crippen molar-refractivity contribution in [2.45, 2.75) is 19.6 Å². The third-order valence-corrected chi connectivity index (χ3v) is 8.05. The summed E-state index contributed by atoms with van der Waals surface area (Å²) in [5, 5.41) is 34.4. The smallest absolute Gasteiger partial charge is 0.872 e. The third kappa shape index (κ3) is 10.9. The van der Waals surface area contributed by atoms with Crippen LogP contribution < -0.4 is 10.2 Å². The Balaban J connectivity index is 0.000000325. The van der Waals surface area contributed by atoms with Crippen LogP contribution in [0.2, 0.25) is 0 Å². The fourth-order valence-electron chi connectivity index (χ4n) is 5.41. The molecule has 0 saturated heterocycles. The van der Waals surface area contributed by atoms with Crippen LogP contribution in [0.25, 0.3) is 33.1 Å². The van der Waals surface area contributed by atoms with Gasteiger partial charge in [-0.15, -0.1) is 10.1 Å². The predicted octanol–water partition coefficient (Wildman–Crippen LogP) is 3.03. The number of carbonyl (C=O) groups excluding carboxylic acids is 2. The molecule has 0 aliphatic rings. The first-order valence-corrected chi connectivity index (χ1v) is 16.2. The number of carbonyl (C=O) groups is 2. The number of fused-ring (bicyclic) bond motifs is 3. The number of nitrogens with zero attached hydrogens (tertiary/aromatic N) is 9. The topological polar surface area (TPSA) is 204 Å². The molecular formula is C37H39MnN9O7. The van der Waals surface area contributed by atoms with Crippen molar-refractivity contribution in [2.75, 3.05) is 14.1 Å². The molecule has 0 atom stereocenters. The first-order chi connectivity index (χ1) is 25.3. The standard InChI is InChI=1S/C27H27N7.C7H6O3.C3H7NO.Mn.HNO3/c1-31-22-13-7-4-10-19(22)28-25(31)16-34(17-26-29-20-11-5-8-14-23(20)32(26)2)18-27-30-21-12-6-9-15-24(21)33(27)3;8-6-4-2-1-3-5(6)7(9)10;1-4(2)3-5;;2-1(3)4/h4-15H,16-18H2,1-3H3;1-4,8H,(H,9,10);3H,1-2H3;;(H,2,3,4)/q;;;+2;/p-2. The van der Waals surface area contributed by atoms with Gasteiger partial charge in [-0.1, -0.05) is 66.4 Å². The number of amides is 1. The molecule has 3 aromatic heterocycles. The van der Waals surface area contributed by atoms with E-state index >= 15 is 0 Å². The molecule has 54 heavy (non-hydrogen) atoms. The zero-order valence-electron chi connectivity index (χ0n) is 30.2. The number of aromatic nitrogens is 6. The second kappa shape index (κ2) is 19.5. The number of hydrogen-bond donors (Lipinski definition) is 1. The van der Waals surface area contributed by atoms with Crippen LogP contribution in [0.4, 0.5) is 0 Å². The Hall–Kier alpha value is -6.29. The van der Waals surface area contributed by atoms with Crippen LogP contribution in [0, 0.1) is 10.1 Å². The van der Waals surface area contributed by atoms with Crippen molar-refractivity contribution in [3.05, 3.63) is 130 Å². The van der Waals surface area contributed by atoms with Crippen molar-refractivity contribution in [3.63, 3.8) is 0 Å². The molecule has 281 valence electrons. The number of para-hydroxylation sites is 7. The first kappa shape index (κ1) is 42.1. The van der Waals surface area contributed by atoms with Crippen molar-refractivity contribution in [1.82, 2.24) is 38.5 Å². The van der Waals surface area contributed by atoms with Crippen molar-refractivity contribution in [1.29, 1.82) is 0 Å². The molecule has 0 fully saturated rings. The number of carboxylic acid groups (broad SMARTS) is 1. The summed E-state index contributed by atoms with van der Waals surface area (Å²) >= 11 is 0. The third-order valence-electron chi connectivity index (χ3n) is 8.05. The number of hydrogen-bond acceptors (Lipinski definition) is 10. The van der Waals surface area contributed by atoms with E-state index in [-0.39, 0.29) is 22.6 Å². The van der Waals surface area contributed by atoms with Gasteiger partial charge in [0.05, 0.1) is 58.7 Å². The quantitative estimate of drug-likeness (QED) is 0.103. The number of benzene rings is 4. The van der Waals surface area contributed by atoms with Gasteiger partial charge < -0.3 is 38.8 Å². The molecular weight excluding hydrogens is 737 g/mol. The molecule has 7 rings (SSSR count). The van der Waals surface area contributed by atoms with Crippen LogP contribution >= 0.6 is 0 Å². The van der Waals surface area contributed by atoms with Crippen LogP contribution in [-0.4, -0.2) is 75.2 Å². The Kier molecular flexibility index (Phi) is 15.2. The van der Waals surface area contributed by atoms with E-state index in [1.807, 2.05) is 18.2 Å². The molecule has 1 radical (unpaired) electrons. The number of carboxylic acids is 1. The van der Waals surface area contributed by atoms with Gasteiger partial charge in [-0.25, -0.2) is 15.0 Å². The molecule has 0 bridgehead atoms. The van der Waals surface area contributed by atoms with Crippen molar-refractivity contribution in [3.8, 4) is 5.75 Å². The summed E-state index contributed by atoms with van der Waals surface area (Å²) in [5.41, 5.74) is 6.19. The van der Waals surface area contributed by atoms with E-state index in [9.17, 15) is 19.8 Å². The number of aromatic carboxylic acids is 1. The average Bonchev–Trinajstić information content (AvgIpc) is 3.74. The summed E-state index contributed by atoms with van der Waals surface area (Å²) in [6.07, 6.45) is 0.750. The SMILES string of the molecule is CN(C)C=O.Cn1c(CN(Cc2nc3ccccc3n2C)Cc2nc3ccccc3n2C)nc2ccccc21.O=C([O-])c1ccccc1[O-].O=[N+]([O-])O.[Mn+2]. The minimum Gasteiger partial charge on any atom is -0.872 e. The Morgan fingerprint density at radius 1 is 0.704 bits per heavy atom. The first-order valence-electron chi connectivity index (χ1n) is 16.2. The van der Waals surface area contributed by atoms with E-state index in [1.165, 1.54) is 29.2 Å². The fraction of sp³-hybridized carbons (Fsp3) is 0.216. The zero-order chi connectivity index (χ0) is 38.7.